The lowest BCUT2D eigenvalue weighted by Crippen LogP contribution is -2.31. The number of hydrogen-bond acceptors (Lipinski definition) is 4. The Morgan fingerprint density at radius 3 is 3.00 bits per heavy atom. The summed E-state index contributed by atoms with van der Waals surface area (Å²) in [5.74, 6) is -0.0696. The number of aryl methyl sites for hydroxylation is 1. The van der Waals surface area contributed by atoms with E-state index < -0.39 is 0 Å². The number of nitrogens with one attached hydrogen (secondary N) is 1. The number of nitrogens with zero attached hydrogens (tertiary/aromatic N) is 2. The Morgan fingerprint density at radius 1 is 1.40 bits per heavy atom. The Balaban J connectivity index is 1.85. The summed E-state index contributed by atoms with van der Waals surface area (Å²) in [6.07, 6.45) is 2.81. The molecule has 0 fully saturated rings. The van der Waals surface area contributed by atoms with Gasteiger partial charge in [0.25, 0.3) is 5.91 Å². The van der Waals surface area contributed by atoms with Crippen molar-refractivity contribution in [3.8, 4) is 0 Å². The number of fused-ring (bicyclic) bond motifs is 1. The van der Waals surface area contributed by atoms with E-state index in [1.165, 1.54) is 11.3 Å². The lowest BCUT2D eigenvalue weighted by Gasteiger charge is -2.25. The predicted molar refractivity (Wildman–Crippen MR) is 78.2 cm³/mol. The van der Waals surface area contributed by atoms with Gasteiger partial charge in [-0.3, -0.25) is 14.9 Å². The number of aromatic nitrogens is 1. The topological polar surface area (TPSA) is 62.3 Å². The van der Waals surface area contributed by atoms with E-state index in [1.54, 1.807) is 24.2 Å². The largest absolute Gasteiger partial charge is 0.315 e. The van der Waals surface area contributed by atoms with Gasteiger partial charge in [0.1, 0.15) is 0 Å². The lowest BCUT2D eigenvalue weighted by atomic mass is 9.99. The van der Waals surface area contributed by atoms with E-state index in [1.807, 2.05) is 17.5 Å². The number of hydrogen-bond donors (Lipinski definition) is 1. The molecule has 0 aliphatic carbocycles. The van der Waals surface area contributed by atoms with Crippen LogP contribution in [0.15, 0.2) is 29.8 Å². The summed E-state index contributed by atoms with van der Waals surface area (Å²) in [6.45, 7) is 0. The molecule has 1 aromatic carbocycles. The molecule has 0 atom stereocenters. The Labute approximate surface area is 120 Å². The number of anilines is 2. The minimum Gasteiger partial charge on any atom is -0.315 e. The second kappa shape index (κ2) is 5.05. The van der Waals surface area contributed by atoms with Crippen LogP contribution in [0.1, 0.15) is 22.3 Å². The van der Waals surface area contributed by atoms with Crippen LogP contribution in [0.4, 0.5) is 10.8 Å². The summed E-state index contributed by atoms with van der Waals surface area (Å²) in [4.78, 5) is 29.4. The second-order valence-electron chi connectivity index (χ2n) is 4.59. The molecule has 0 spiro atoms. The van der Waals surface area contributed by atoms with Crippen LogP contribution in [-0.4, -0.2) is 23.8 Å². The molecule has 2 amide bonds. The molecule has 0 saturated heterocycles. The van der Waals surface area contributed by atoms with Gasteiger partial charge < -0.3 is 4.90 Å². The van der Waals surface area contributed by atoms with E-state index >= 15 is 0 Å². The first-order chi connectivity index (χ1) is 9.65. The Kier molecular flexibility index (Phi) is 3.23. The van der Waals surface area contributed by atoms with Crippen molar-refractivity contribution < 1.29 is 9.59 Å². The quantitative estimate of drug-likeness (QED) is 0.922. The third kappa shape index (κ3) is 2.30. The van der Waals surface area contributed by atoms with Gasteiger partial charge in [0.2, 0.25) is 5.91 Å². The van der Waals surface area contributed by atoms with Crippen molar-refractivity contribution in [3.63, 3.8) is 0 Å². The summed E-state index contributed by atoms with van der Waals surface area (Å²) < 4.78 is 0. The van der Waals surface area contributed by atoms with Crippen LogP contribution in [0.5, 0.6) is 0 Å². The third-order valence-electron chi connectivity index (χ3n) is 3.34. The SMILES string of the molecule is CN1C(=O)CCc2cc(C(=O)Nc3nccs3)ccc21. The van der Waals surface area contributed by atoms with Gasteiger partial charge in [0.05, 0.1) is 0 Å². The van der Waals surface area contributed by atoms with Crippen LogP contribution in [0.2, 0.25) is 0 Å². The Morgan fingerprint density at radius 2 is 2.25 bits per heavy atom. The number of carbonyl (C=O) groups excluding carboxylic acids is 2. The molecular formula is C14H13N3O2S. The number of thiazole rings is 1. The summed E-state index contributed by atoms with van der Waals surface area (Å²) in [5, 5.41) is 5.14. The maximum Gasteiger partial charge on any atom is 0.257 e. The Bertz CT molecular complexity index is 667. The van der Waals surface area contributed by atoms with Crippen LogP contribution >= 0.6 is 11.3 Å². The molecule has 5 nitrogen and oxygen atoms in total. The van der Waals surface area contributed by atoms with E-state index in [0.29, 0.717) is 23.5 Å². The fourth-order valence-corrected chi connectivity index (χ4v) is 2.78. The van der Waals surface area contributed by atoms with Crippen molar-refractivity contribution in [2.75, 3.05) is 17.3 Å². The summed E-state index contributed by atoms with van der Waals surface area (Å²) in [7, 11) is 1.76. The smallest absolute Gasteiger partial charge is 0.257 e. The van der Waals surface area contributed by atoms with Crippen molar-refractivity contribution >= 4 is 34.0 Å². The molecule has 1 aliphatic rings. The van der Waals surface area contributed by atoms with Gasteiger partial charge in [-0.15, -0.1) is 11.3 Å². The first-order valence-electron chi connectivity index (χ1n) is 6.25. The highest BCUT2D eigenvalue weighted by Gasteiger charge is 2.21. The fraction of sp³-hybridized carbons (Fsp3) is 0.214. The van der Waals surface area contributed by atoms with Crippen molar-refractivity contribution in [2.24, 2.45) is 0 Å². The lowest BCUT2D eigenvalue weighted by molar-refractivity contribution is -0.118. The maximum absolute atomic E-state index is 12.1. The van der Waals surface area contributed by atoms with Crippen LogP contribution in [0.25, 0.3) is 0 Å². The van der Waals surface area contributed by atoms with Gasteiger partial charge in [-0.25, -0.2) is 4.98 Å². The molecule has 0 unspecified atom stereocenters. The van der Waals surface area contributed by atoms with Crippen molar-refractivity contribution in [1.29, 1.82) is 0 Å². The summed E-state index contributed by atoms with van der Waals surface area (Å²) in [6, 6.07) is 5.40. The van der Waals surface area contributed by atoms with Crippen molar-refractivity contribution in [1.82, 2.24) is 4.98 Å². The highest BCUT2D eigenvalue weighted by molar-refractivity contribution is 7.13. The molecule has 2 heterocycles. The maximum atomic E-state index is 12.1. The van der Waals surface area contributed by atoms with Gasteiger partial charge >= 0.3 is 0 Å². The molecule has 2 aromatic rings. The monoisotopic (exact) mass is 287 g/mol. The van der Waals surface area contributed by atoms with Gasteiger partial charge in [0, 0.05) is 36.3 Å². The summed E-state index contributed by atoms with van der Waals surface area (Å²) >= 11 is 1.38. The molecular weight excluding hydrogens is 274 g/mol. The Hall–Kier alpha value is -2.21. The zero-order valence-electron chi connectivity index (χ0n) is 10.9. The number of benzene rings is 1. The van der Waals surface area contributed by atoms with E-state index in [9.17, 15) is 9.59 Å². The average molecular weight is 287 g/mol. The van der Waals surface area contributed by atoms with E-state index in [0.717, 1.165) is 11.3 Å². The van der Waals surface area contributed by atoms with Crippen molar-refractivity contribution in [3.05, 3.63) is 40.9 Å². The normalized spacial score (nSPS) is 14.1. The minimum absolute atomic E-state index is 0.109. The zero-order chi connectivity index (χ0) is 14.1. The first-order valence-corrected chi connectivity index (χ1v) is 7.13. The zero-order valence-corrected chi connectivity index (χ0v) is 11.7. The predicted octanol–water partition coefficient (Wildman–Crippen LogP) is 2.30. The number of rotatable bonds is 2. The molecule has 6 heteroatoms. The first kappa shape index (κ1) is 12.8. The molecule has 1 aromatic heterocycles. The highest BCUT2D eigenvalue weighted by Crippen LogP contribution is 2.27. The highest BCUT2D eigenvalue weighted by atomic mass is 32.1. The fourth-order valence-electron chi connectivity index (χ4n) is 2.25. The molecule has 1 N–H and O–H groups in total. The van der Waals surface area contributed by atoms with Gasteiger partial charge in [-0.2, -0.15) is 0 Å². The van der Waals surface area contributed by atoms with Crippen LogP contribution in [-0.2, 0) is 11.2 Å². The number of carbonyl (C=O) groups is 2. The molecule has 1 aliphatic heterocycles. The molecule has 3 rings (SSSR count). The number of amides is 2. The van der Waals surface area contributed by atoms with Gasteiger partial charge in [0.15, 0.2) is 5.13 Å². The molecule has 0 saturated carbocycles. The average Bonchev–Trinajstić information content (AvgIpc) is 2.95. The molecule has 102 valence electrons. The van der Waals surface area contributed by atoms with Crippen LogP contribution in [0, 0.1) is 0 Å². The van der Waals surface area contributed by atoms with Gasteiger partial charge in [-0.1, -0.05) is 0 Å². The molecule has 20 heavy (non-hydrogen) atoms. The standard InChI is InChI=1S/C14H13N3O2S/c1-17-11-4-2-10(8-9(11)3-5-12(17)18)13(19)16-14-15-6-7-20-14/h2,4,6-8H,3,5H2,1H3,(H,15,16,19). The van der Waals surface area contributed by atoms with E-state index in [2.05, 4.69) is 10.3 Å². The second-order valence-corrected chi connectivity index (χ2v) is 5.48. The summed E-state index contributed by atoms with van der Waals surface area (Å²) in [5.41, 5.74) is 2.49. The minimum atomic E-state index is -0.178. The van der Waals surface area contributed by atoms with E-state index in [-0.39, 0.29) is 11.8 Å². The molecule has 0 bridgehead atoms. The van der Waals surface area contributed by atoms with Crippen LogP contribution in [0.3, 0.4) is 0 Å². The van der Waals surface area contributed by atoms with Gasteiger partial charge in [-0.05, 0) is 30.2 Å². The van der Waals surface area contributed by atoms with Crippen molar-refractivity contribution in [2.45, 2.75) is 12.8 Å². The third-order valence-corrected chi connectivity index (χ3v) is 4.03. The van der Waals surface area contributed by atoms with E-state index in [4.69, 9.17) is 0 Å². The molecule has 0 radical (unpaired) electrons. The van der Waals surface area contributed by atoms with Crippen LogP contribution < -0.4 is 10.2 Å².